The quantitative estimate of drug-likeness (QED) is 0.647. The summed E-state index contributed by atoms with van der Waals surface area (Å²) in [6.45, 7) is 3.15. The molecule has 3 saturated heterocycles. The van der Waals surface area contributed by atoms with E-state index in [-0.39, 0.29) is 5.92 Å². The Bertz CT molecular complexity index is 803. The van der Waals surface area contributed by atoms with Crippen LogP contribution < -0.4 is 0 Å². The van der Waals surface area contributed by atoms with Crippen LogP contribution in [0.5, 0.6) is 0 Å². The third-order valence-electron chi connectivity index (χ3n) is 6.17. The topological polar surface area (TPSA) is 36.1 Å². The maximum Gasteiger partial charge on any atom is 0.125 e. The fraction of sp³-hybridized carbons (Fsp3) is 0.421. The number of nitrogens with one attached hydrogen (secondary N) is 1. The molecule has 1 aromatic heterocycles. The van der Waals surface area contributed by atoms with E-state index in [1.165, 1.54) is 34.0 Å². The van der Waals surface area contributed by atoms with E-state index < -0.39 is 0 Å². The first kappa shape index (κ1) is 12.7. The molecule has 22 heavy (non-hydrogen) atoms. The highest BCUT2D eigenvalue weighted by molar-refractivity contribution is 5.85. The van der Waals surface area contributed by atoms with Gasteiger partial charge in [0.05, 0.1) is 6.04 Å². The van der Waals surface area contributed by atoms with E-state index in [1.807, 2.05) is 0 Å². The molecule has 5 heterocycles. The number of benzene rings is 1. The Labute approximate surface area is 130 Å². The van der Waals surface area contributed by atoms with Crippen LogP contribution in [0.3, 0.4) is 0 Å². The van der Waals surface area contributed by atoms with Gasteiger partial charge in [0.15, 0.2) is 0 Å². The number of aromatic amines is 1. The number of rotatable bonds is 1. The molecule has 0 spiro atoms. The summed E-state index contributed by atoms with van der Waals surface area (Å²) in [7, 11) is 0. The van der Waals surface area contributed by atoms with Gasteiger partial charge in [-0.2, -0.15) is 0 Å². The summed E-state index contributed by atoms with van der Waals surface area (Å²) < 4.78 is 0. The van der Waals surface area contributed by atoms with Crippen molar-refractivity contribution in [3.63, 3.8) is 0 Å². The second-order valence-electron chi connectivity index (χ2n) is 6.94. The molecule has 0 amide bonds. The molecule has 4 aliphatic heterocycles. The maximum absolute atomic E-state index is 11.8. The molecule has 3 nitrogen and oxygen atoms in total. The molecule has 0 radical (unpaired) electrons. The molecule has 5 atom stereocenters. The maximum atomic E-state index is 11.8. The van der Waals surface area contributed by atoms with E-state index in [4.69, 9.17) is 0 Å². The summed E-state index contributed by atoms with van der Waals surface area (Å²) in [5, 5.41) is 1.35. The van der Waals surface area contributed by atoms with E-state index in [0.717, 1.165) is 19.4 Å². The molecule has 4 bridgehead atoms. The minimum absolute atomic E-state index is 0.165. The Balaban J connectivity index is 1.70. The Kier molecular flexibility index (Phi) is 2.49. The number of H-pyrrole nitrogens is 1. The van der Waals surface area contributed by atoms with Gasteiger partial charge >= 0.3 is 0 Å². The average Bonchev–Trinajstić information content (AvgIpc) is 2.93. The predicted octanol–water partition coefficient (Wildman–Crippen LogP) is 3.23. The van der Waals surface area contributed by atoms with Crippen LogP contribution in [0.15, 0.2) is 35.9 Å². The molecule has 6 rings (SSSR count). The molecule has 4 aliphatic rings. The van der Waals surface area contributed by atoms with Crippen LogP contribution in [0, 0.1) is 11.8 Å². The number of hydrogen-bond acceptors (Lipinski definition) is 2. The Morgan fingerprint density at radius 1 is 1.32 bits per heavy atom. The molecule has 0 aliphatic carbocycles. The van der Waals surface area contributed by atoms with Gasteiger partial charge in [-0.25, -0.2) is 0 Å². The van der Waals surface area contributed by atoms with Crippen LogP contribution >= 0.6 is 0 Å². The fourth-order valence-corrected chi connectivity index (χ4v) is 5.17. The molecule has 3 fully saturated rings. The molecular formula is C19H20N2O. The van der Waals surface area contributed by atoms with E-state index in [0.29, 0.717) is 18.0 Å². The molecule has 1 N–H and O–H groups in total. The molecular weight excluding hydrogens is 272 g/mol. The number of nitrogens with zero attached hydrogens (tertiary/aromatic N) is 1. The van der Waals surface area contributed by atoms with Crippen molar-refractivity contribution in [2.75, 3.05) is 6.54 Å². The van der Waals surface area contributed by atoms with Gasteiger partial charge in [-0.1, -0.05) is 29.8 Å². The summed E-state index contributed by atoms with van der Waals surface area (Å²) in [6.07, 6.45) is 5.54. The lowest BCUT2D eigenvalue weighted by Crippen LogP contribution is -2.60. The van der Waals surface area contributed by atoms with Gasteiger partial charge in [0.2, 0.25) is 0 Å². The minimum Gasteiger partial charge on any atom is -0.357 e. The highest BCUT2D eigenvalue weighted by Gasteiger charge is 2.52. The van der Waals surface area contributed by atoms with E-state index in [9.17, 15) is 4.79 Å². The van der Waals surface area contributed by atoms with Gasteiger partial charge in [-0.05, 0) is 37.3 Å². The number of carbonyl (C=O) groups excluding carboxylic acids is 1. The second kappa shape index (κ2) is 4.32. The van der Waals surface area contributed by atoms with E-state index in [2.05, 4.69) is 47.1 Å². The summed E-state index contributed by atoms with van der Waals surface area (Å²) in [5.74, 6) is 0.611. The van der Waals surface area contributed by atoms with E-state index >= 15 is 0 Å². The zero-order chi connectivity index (χ0) is 14.8. The van der Waals surface area contributed by atoms with Crippen LogP contribution in [0.4, 0.5) is 0 Å². The van der Waals surface area contributed by atoms with Crippen molar-refractivity contribution in [2.24, 2.45) is 11.8 Å². The summed E-state index contributed by atoms with van der Waals surface area (Å²) in [4.78, 5) is 18.0. The molecule has 2 unspecified atom stereocenters. The van der Waals surface area contributed by atoms with Crippen molar-refractivity contribution >= 4 is 17.2 Å². The standard InChI is InChI=1S/C19H20N2O/c1-2-11-9-21-17-8-14-12-5-3-4-6-16(12)20-19(14)18(21)7-13(11)15(17)10-22/h2-6,10,13,15,17-18,20H,7-9H2,1H3/b11-2+/t13-,15?,17-,18-/m0/s1. The van der Waals surface area contributed by atoms with Crippen molar-refractivity contribution in [1.82, 2.24) is 9.88 Å². The molecule has 3 heteroatoms. The summed E-state index contributed by atoms with van der Waals surface area (Å²) in [6, 6.07) is 9.44. The Morgan fingerprint density at radius 2 is 2.18 bits per heavy atom. The Hall–Kier alpha value is -1.87. The lowest BCUT2D eigenvalue weighted by molar-refractivity contribution is -0.121. The SMILES string of the molecule is C/C=C1\CN2[C@H]3C[C@@H]1C(C=O)[C@@H]2Cc1c3[nH]c2ccccc12. The first-order valence-electron chi connectivity index (χ1n) is 8.27. The number of carbonyl (C=O) groups is 1. The minimum atomic E-state index is 0.165. The van der Waals surface area contributed by atoms with Crippen LogP contribution in [0.1, 0.15) is 30.6 Å². The van der Waals surface area contributed by atoms with Crippen LogP contribution in [-0.2, 0) is 11.2 Å². The average molecular weight is 292 g/mol. The third-order valence-corrected chi connectivity index (χ3v) is 6.17. The van der Waals surface area contributed by atoms with Crippen molar-refractivity contribution in [3.8, 4) is 0 Å². The highest BCUT2D eigenvalue weighted by atomic mass is 16.1. The number of hydrogen-bond donors (Lipinski definition) is 1. The third kappa shape index (κ3) is 1.42. The number of fused-ring (bicyclic) bond motifs is 4. The van der Waals surface area contributed by atoms with Crippen LogP contribution in [-0.4, -0.2) is 28.8 Å². The predicted molar refractivity (Wildman–Crippen MR) is 86.7 cm³/mol. The monoisotopic (exact) mass is 292 g/mol. The summed E-state index contributed by atoms with van der Waals surface area (Å²) >= 11 is 0. The fourth-order valence-electron chi connectivity index (χ4n) is 5.17. The molecule has 1 aromatic carbocycles. The normalized spacial score (nSPS) is 37.5. The first-order chi connectivity index (χ1) is 10.8. The molecule has 2 aromatic rings. The number of aldehydes is 1. The number of para-hydroxylation sites is 1. The largest absolute Gasteiger partial charge is 0.357 e. The van der Waals surface area contributed by atoms with Crippen LogP contribution in [0.2, 0.25) is 0 Å². The molecule has 112 valence electrons. The second-order valence-corrected chi connectivity index (χ2v) is 6.94. The number of piperidine rings is 3. The number of aromatic nitrogens is 1. The highest BCUT2D eigenvalue weighted by Crippen LogP contribution is 2.53. The zero-order valence-electron chi connectivity index (χ0n) is 12.8. The van der Waals surface area contributed by atoms with Crippen molar-refractivity contribution in [1.29, 1.82) is 0 Å². The summed E-state index contributed by atoms with van der Waals surface area (Å²) in [5.41, 5.74) is 5.56. The van der Waals surface area contributed by atoms with Gasteiger partial charge in [-0.15, -0.1) is 0 Å². The van der Waals surface area contributed by atoms with Crippen molar-refractivity contribution < 1.29 is 4.79 Å². The lowest BCUT2D eigenvalue weighted by Gasteiger charge is -2.57. The van der Waals surface area contributed by atoms with E-state index in [1.54, 1.807) is 0 Å². The van der Waals surface area contributed by atoms with Gasteiger partial charge in [0.25, 0.3) is 0 Å². The van der Waals surface area contributed by atoms with Gasteiger partial charge in [0, 0.05) is 35.1 Å². The van der Waals surface area contributed by atoms with Gasteiger partial charge in [-0.3, -0.25) is 4.90 Å². The van der Waals surface area contributed by atoms with Crippen molar-refractivity contribution in [2.45, 2.75) is 31.8 Å². The van der Waals surface area contributed by atoms with Crippen LogP contribution in [0.25, 0.3) is 10.9 Å². The van der Waals surface area contributed by atoms with Crippen molar-refractivity contribution in [3.05, 3.63) is 47.2 Å². The lowest BCUT2D eigenvalue weighted by atomic mass is 9.64. The molecule has 0 saturated carbocycles. The van der Waals surface area contributed by atoms with Gasteiger partial charge < -0.3 is 9.78 Å². The Morgan fingerprint density at radius 3 is 3.00 bits per heavy atom. The zero-order valence-corrected chi connectivity index (χ0v) is 12.8. The van der Waals surface area contributed by atoms with Gasteiger partial charge in [0.1, 0.15) is 6.29 Å². The number of allylic oxidation sites excluding steroid dienone is 1. The smallest absolute Gasteiger partial charge is 0.125 e. The first-order valence-corrected chi connectivity index (χ1v) is 8.27.